The molecule has 21 heavy (non-hydrogen) atoms. The van der Waals surface area contributed by atoms with Gasteiger partial charge in [-0.15, -0.1) is 5.10 Å². The summed E-state index contributed by atoms with van der Waals surface area (Å²) < 4.78 is 0. The number of hydrogen-bond acceptors (Lipinski definition) is 4. The van der Waals surface area contributed by atoms with Crippen molar-refractivity contribution in [2.75, 3.05) is 31.1 Å². The average molecular weight is 288 g/mol. The van der Waals surface area contributed by atoms with E-state index in [-0.39, 0.29) is 0 Å². The second-order valence-electron chi connectivity index (χ2n) is 6.16. The van der Waals surface area contributed by atoms with E-state index in [0.717, 1.165) is 51.3 Å². The Bertz CT molecular complexity index is 451. The van der Waals surface area contributed by atoms with Crippen LogP contribution in [0.4, 0.5) is 5.82 Å². The van der Waals surface area contributed by atoms with Crippen molar-refractivity contribution in [3.05, 3.63) is 18.3 Å². The third-order valence-electron chi connectivity index (χ3n) is 4.67. The lowest BCUT2D eigenvalue weighted by Crippen LogP contribution is -2.39. The first-order valence-electron chi connectivity index (χ1n) is 8.13. The number of hydrogen-bond donors (Lipinski definition) is 0. The standard InChI is InChI=1S/C16H24N4O/c21-16(20-9-2-1-3-10-20)13-14-6-11-19(12-7-14)15-5-4-8-17-18-15/h4-5,8,14H,1-3,6-7,9-13H2. The lowest BCUT2D eigenvalue weighted by molar-refractivity contribution is -0.133. The number of anilines is 1. The van der Waals surface area contributed by atoms with Crippen LogP contribution in [0, 0.1) is 5.92 Å². The Morgan fingerprint density at radius 3 is 2.57 bits per heavy atom. The van der Waals surface area contributed by atoms with E-state index in [0.29, 0.717) is 11.8 Å². The predicted octanol–water partition coefficient (Wildman–Crippen LogP) is 2.10. The monoisotopic (exact) mass is 288 g/mol. The van der Waals surface area contributed by atoms with Gasteiger partial charge in [0.1, 0.15) is 0 Å². The summed E-state index contributed by atoms with van der Waals surface area (Å²) in [7, 11) is 0. The molecular formula is C16H24N4O. The zero-order valence-electron chi connectivity index (χ0n) is 12.6. The minimum atomic E-state index is 0.368. The van der Waals surface area contributed by atoms with E-state index in [9.17, 15) is 4.79 Å². The topological polar surface area (TPSA) is 49.3 Å². The van der Waals surface area contributed by atoms with Gasteiger partial charge in [0.2, 0.25) is 5.91 Å². The summed E-state index contributed by atoms with van der Waals surface area (Å²) in [6, 6.07) is 3.93. The SMILES string of the molecule is O=C(CC1CCN(c2cccnn2)CC1)N1CCCCC1. The molecule has 1 aromatic heterocycles. The molecule has 1 amide bonds. The van der Waals surface area contributed by atoms with Gasteiger partial charge in [0.25, 0.3) is 0 Å². The molecule has 5 nitrogen and oxygen atoms in total. The molecule has 5 heteroatoms. The zero-order valence-corrected chi connectivity index (χ0v) is 12.6. The molecule has 3 rings (SSSR count). The highest BCUT2D eigenvalue weighted by Crippen LogP contribution is 2.24. The van der Waals surface area contributed by atoms with Crippen molar-refractivity contribution < 1.29 is 4.79 Å². The van der Waals surface area contributed by atoms with Gasteiger partial charge < -0.3 is 9.80 Å². The fourth-order valence-corrected chi connectivity index (χ4v) is 3.35. The summed E-state index contributed by atoms with van der Waals surface area (Å²) in [6.45, 7) is 3.90. The molecule has 0 saturated carbocycles. The Labute approximate surface area is 126 Å². The summed E-state index contributed by atoms with van der Waals surface area (Å²) in [5, 5.41) is 8.10. The third kappa shape index (κ3) is 3.71. The minimum absolute atomic E-state index is 0.368. The molecule has 114 valence electrons. The van der Waals surface area contributed by atoms with Gasteiger partial charge in [-0.25, -0.2) is 0 Å². The number of rotatable bonds is 3. The van der Waals surface area contributed by atoms with Crippen LogP contribution in [0.1, 0.15) is 38.5 Å². The number of carbonyl (C=O) groups is 1. The second kappa shape index (κ2) is 6.87. The van der Waals surface area contributed by atoms with Crippen molar-refractivity contribution in [1.29, 1.82) is 0 Å². The molecule has 2 aliphatic heterocycles. The van der Waals surface area contributed by atoms with Gasteiger partial charge in [0, 0.05) is 38.8 Å². The fraction of sp³-hybridized carbons (Fsp3) is 0.688. The smallest absolute Gasteiger partial charge is 0.222 e. The van der Waals surface area contributed by atoms with Crippen LogP contribution in [0.5, 0.6) is 0 Å². The zero-order chi connectivity index (χ0) is 14.5. The summed E-state index contributed by atoms with van der Waals surface area (Å²) in [5.74, 6) is 1.86. The van der Waals surface area contributed by atoms with Crippen molar-refractivity contribution in [2.45, 2.75) is 38.5 Å². The van der Waals surface area contributed by atoms with Gasteiger partial charge in [0.15, 0.2) is 5.82 Å². The van der Waals surface area contributed by atoms with Gasteiger partial charge in [-0.3, -0.25) is 4.79 Å². The molecule has 0 bridgehead atoms. The summed E-state index contributed by atoms with van der Waals surface area (Å²) in [4.78, 5) is 16.6. The van der Waals surface area contributed by atoms with E-state index in [1.54, 1.807) is 6.20 Å². The number of piperidine rings is 2. The molecule has 0 aromatic carbocycles. The Morgan fingerprint density at radius 2 is 1.90 bits per heavy atom. The first-order chi connectivity index (χ1) is 10.3. The van der Waals surface area contributed by atoms with Crippen LogP contribution in [0.3, 0.4) is 0 Å². The van der Waals surface area contributed by atoms with Crippen LogP contribution in [0.2, 0.25) is 0 Å². The number of amides is 1. The Hall–Kier alpha value is -1.65. The van der Waals surface area contributed by atoms with E-state index in [1.807, 2.05) is 12.1 Å². The summed E-state index contributed by atoms with van der Waals surface area (Å²) in [6.07, 6.45) is 8.22. The molecule has 2 aliphatic rings. The van der Waals surface area contributed by atoms with E-state index in [2.05, 4.69) is 20.0 Å². The molecule has 2 saturated heterocycles. The van der Waals surface area contributed by atoms with E-state index in [4.69, 9.17) is 0 Å². The third-order valence-corrected chi connectivity index (χ3v) is 4.67. The highest BCUT2D eigenvalue weighted by atomic mass is 16.2. The lowest BCUT2D eigenvalue weighted by Gasteiger charge is -2.34. The molecule has 0 spiro atoms. The van der Waals surface area contributed by atoms with Crippen molar-refractivity contribution in [3.63, 3.8) is 0 Å². The molecule has 0 radical (unpaired) electrons. The molecule has 2 fully saturated rings. The molecule has 0 N–H and O–H groups in total. The molecule has 0 unspecified atom stereocenters. The van der Waals surface area contributed by atoms with Gasteiger partial charge >= 0.3 is 0 Å². The van der Waals surface area contributed by atoms with Crippen LogP contribution < -0.4 is 4.90 Å². The molecule has 0 atom stereocenters. The number of carbonyl (C=O) groups excluding carboxylic acids is 1. The first-order valence-corrected chi connectivity index (χ1v) is 8.13. The predicted molar refractivity (Wildman–Crippen MR) is 82.0 cm³/mol. The Kier molecular flexibility index (Phi) is 4.68. The number of aromatic nitrogens is 2. The van der Waals surface area contributed by atoms with Crippen molar-refractivity contribution >= 4 is 11.7 Å². The Balaban J connectivity index is 1.46. The van der Waals surface area contributed by atoms with Gasteiger partial charge in [-0.2, -0.15) is 5.10 Å². The van der Waals surface area contributed by atoms with Crippen molar-refractivity contribution in [3.8, 4) is 0 Å². The normalized spacial score (nSPS) is 20.6. The van der Waals surface area contributed by atoms with Crippen molar-refractivity contribution in [1.82, 2.24) is 15.1 Å². The quantitative estimate of drug-likeness (QED) is 0.854. The highest BCUT2D eigenvalue weighted by molar-refractivity contribution is 5.76. The molecule has 3 heterocycles. The van der Waals surface area contributed by atoms with Gasteiger partial charge in [-0.1, -0.05) is 0 Å². The van der Waals surface area contributed by atoms with Crippen molar-refractivity contribution in [2.24, 2.45) is 5.92 Å². The number of likely N-dealkylation sites (tertiary alicyclic amines) is 1. The van der Waals surface area contributed by atoms with E-state index < -0.39 is 0 Å². The average Bonchev–Trinajstić information content (AvgIpc) is 2.57. The fourth-order valence-electron chi connectivity index (χ4n) is 3.35. The number of nitrogens with zero attached hydrogens (tertiary/aromatic N) is 4. The van der Waals surface area contributed by atoms with Crippen LogP contribution in [-0.4, -0.2) is 47.2 Å². The minimum Gasteiger partial charge on any atom is -0.355 e. The van der Waals surface area contributed by atoms with Crippen LogP contribution in [0.15, 0.2) is 18.3 Å². The summed E-state index contributed by atoms with van der Waals surface area (Å²) >= 11 is 0. The van der Waals surface area contributed by atoms with Gasteiger partial charge in [0.05, 0.1) is 0 Å². The Morgan fingerprint density at radius 1 is 1.14 bits per heavy atom. The maximum atomic E-state index is 12.3. The summed E-state index contributed by atoms with van der Waals surface area (Å²) in [5.41, 5.74) is 0. The van der Waals surface area contributed by atoms with E-state index in [1.165, 1.54) is 19.3 Å². The molecule has 1 aromatic rings. The van der Waals surface area contributed by atoms with Crippen LogP contribution >= 0.6 is 0 Å². The van der Waals surface area contributed by atoms with Crippen LogP contribution in [0.25, 0.3) is 0 Å². The van der Waals surface area contributed by atoms with E-state index >= 15 is 0 Å². The largest absolute Gasteiger partial charge is 0.355 e. The maximum absolute atomic E-state index is 12.3. The first kappa shape index (κ1) is 14.3. The lowest BCUT2D eigenvalue weighted by atomic mass is 9.92. The molecule has 0 aliphatic carbocycles. The van der Waals surface area contributed by atoms with Crippen LogP contribution in [-0.2, 0) is 4.79 Å². The maximum Gasteiger partial charge on any atom is 0.222 e. The molecular weight excluding hydrogens is 264 g/mol. The highest BCUT2D eigenvalue weighted by Gasteiger charge is 2.25. The second-order valence-corrected chi connectivity index (χ2v) is 6.16. The van der Waals surface area contributed by atoms with Gasteiger partial charge in [-0.05, 0) is 50.2 Å².